The van der Waals surface area contributed by atoms with Crippen LogP contribution < -0.4 is 5.32 Å². The Morgan fingerprint density at radius 2 is 2.00 bits per heavy atom. The molecule has 4 rings (SSSR count). The summed E-state index contributed by atoms with van der Waals surface area (Å²) in [6.45, 7) is 0.503. The van der Waals surface area contributed by atoms with Crippen molar-refractivity contribution >= 4 is 0 Å². The SMILES string of the molecule is FC(F)(F)C1CCc2nnc(CNC3CCCC34CC4)n2C1. The predicted octanol–water partition coefficient (Wildman–Crippen LogP) is 2.83. The highest BCUT2D eigenvalue weighted by molar-refractivity contribution is 5.07. The molecule has 0 saturated heterocycles. The summed E-state index contributed by atoms with van der Waals surface area (Å²) < 4.78 is 40.5. The lowest BCUT2D eigenvalue weighted by atomic mass is 9.98. The Morgan fingerprint density at radius 1 is 1.18 bits per heavy atom. The zero-order valence-corrected chi connectivity index (χ0v) is 12.5. The Labute approximate surface area is 127 Å². The van der Waals surface area contributed by atoms with Gasteiger partial charge < -0.3 is 9.88 Å². The Kier molecular flexibility index (Phi) is 3.25. The third-order valence-electron chi connectivity index (χ3n) is 5.79. The Balaban J connectivity index is 1.44. The molecule has 0 radical (unpaired) electrons. The molecule has 0 aromatic carbocycles. The van der Waals surface area contributed by atoms with Crippen LogP contribution in [0.3, 0.4) is 0 Å². The highest BCUT2D eigenvalue weighted by atomic mass is 19.4. The van der Waals surface area contributed by atoms with Crippen molar-refractivity contribution in [3.05, 3.63) is 11.6 Å². The first-order valence-corrected chi connectivity index (χ1v) is 8.19. The molecule has 1 aromatic heterocycles. The highest BCUT2D eigenvalue weighted by Gasteiger charge is 2.51. The van der Waals surface area contributed by atoms with E-state index < -0.39 is 12.1 Å². The third kappa shape index (κ3) is 2.43. The molecule has 22 heavy (non-hydrogen) atoms. The molecule has 4 nitrogen and oxygen atoms in total. The van der Waals surface area contributed by atoms with Crippen molar-refractivity contribution in [1.29, 1.82) is 0 Å². The number of alkyl halides is 3. The van der Waals surface area contributed by atoms with Gasteiger partial charge in [-0.05, 0) is 37.5 Å². The second-order valence-corrected chi connectivity index (χ2v) is 7.11. The van der Waals surface area contributed by atoms with Crippen molar-refractivity contribution in [3.63, 3.8) is 0 Å². The average molecular weight is 314 g/mol. The van der Waals surface area contributed by atoms with Crippen LogP contribution in [0.1, 0.15) is 50.2 Å². The summed E-state index contributed by atoms with van der Waals surface area (Å²) in [6.07, 6.45) is 2.66. The minimum absolute atomic E-state index is 0.0291. The number of nitrogens with one attached hydrogen (secondary N) is 1. The van der Waals surface area contributed by atoms with E-state index in [1.54, 1.807) is 4.57 Å². The smallest absolute Gasteiger partial charge is 0.313 e. The predicted molar refractivity (Wildman–Crippen MR) is 74.0 cm³/mol. The fourth-order valence-electron chi connectivity index (χ4n) is 4.21. The van der Waals surface area contributed by atoms with E-state index in [-0.39, 0.29) is 13.0 Å². The van der Waals surface area contributed by atoms with E-state index in [1.807, 2.05) is 0 Å². The molecule has 0 bridgehead atoms. The largest absolute Gasteiger partial charge is 0.393 e. The molecular weight excluding hydrogens is 293 g/mol. The van der Waals surface area contributed by atoms with Gasteiger partial charge in [-0.1, -0.05) is 6.42 Å². The summed E-state index contributed by atoms with van der Waals surface area (Å²) in [5, 5.41) is 11.7. The second-order valence-electron chi connectivity index (χ2n) is 7.11. The Hall–Kier alpha value is -1.11. The van der Waals surface area contributed by atoms with Crippen molar-refractivity contribution in [2.75, 3.05) is 0 Å². The van der Waals surface area contributed by atoms with Crippen molar-refractivity contribution in [1.82, 2.24) is 20.1 Å². The molecule has 2 heterocycles. The van der Waals surface area contributed by atoms with Gasteiger partial charge in [0, 0.05) is 19.0 Å². The molecule has 1 N–H and O–H groups in total. The van der Waals surface area contributed by atoms with E-state index in [0.29, 0.717) is 36.1 Å². The van der Waals surface area contributed by atoms with Crippen LogP contribution in [0, 0.1) is 11.3 Å². The van der Waals surface area contributed by atoms with Crippen LogP contribution in [0.2, 0.25) is 0 Å². The number of hydrogen-bond donors (Lipinski definition) is 1. The van der Waals surface area contributed by atoms with Gasteiger partial charge in [0.1, 0.15) is 11.6 Å². The highest BCUT2D eigenvalue weighted by Crippen LogP contribution is 2.57. The molecule has 2 unspecified atom stereocenters. The minimum Gasteiger partial charge on any atom is -0.313 e. The number of nitrogens with zero attached hydrogens (tertiary/aromatic N) is 3. The van der Waals surface area contributed by atoms with Gasteiger partial charge in [-0.2, -0.15) is 13.2 Å². The summed E-state index contributed by atoms with van der Waals surface area (Å²) in [6, 6.07) is 0.502. The van der Waals surface area contributed by atoms with E-state index in [4.69, 9.17) is 0 Å². The van der Waals surface area contributed by atoms with Gasteiger partial charge in [-0.3, -0.25) is 0 Å². The number of rotatable bonds is 3. The van der Waals surface area contributed by atoms with Crippen molar-refractivity contribution in [2.24, 2.45) is 11.3 Å². The second kappa shape index (κ2) is 4.94. The quantitative estimate of drug-likeness (QED) is 0.933. The minimum atomic E-state index is -4.13. The summed E-state index contributed by atoms with van der Waals surface area (Å²) in [5.74, 6) is 0.0903. The Morgan fingerprint density at radius 3 is 2.73 bits per heavy atom. The molecular formula is C15H21F3N4. The van der Waals surface area contributed by atoms with E-state index in [2.05, 4.69) is 15.5 Å². The number of aromatic nitrogens is 3. The summed E-state index contributed by atoms with van der Waals surface area (Å²) >= 11 is 0. The molecule has 1 aliphatic heterocycles. The molecule has 1 spiro atoms. The monoisotopic (exact) mass is 314 g/mol. The molecule has 2 atom stereocenters. The third-order valence-corrected chi connectivity index (χ3v) is 5.79. The van der Waals surface area contributed by atoms with Crippen LogP contribution in [0.4, 0.5) is 13.2 Å². The standard InChI is InChI=1S/C15H21F3N4/c16-15(17,18)10-3-4-12-20-21-13(22(12)9-10)8-19-11-2-1-5-14(11)6-7-14/h10-11,19H,1-9H2. The summed E-state index contributed by atoms with van der Waals surface area (Å²) in [7, 11) is 0. The summed E-state index contributed by atoms with van der Waals surface area (Å²) in [4.78, 5) is 0. The maximum atomic E-state index is 12.9. The molecule has 122 valence electrons. The van der Waals surface area contributed by atoms with Gasteiger partial charge in [0.25, 0.3) is 0 Å². The maximum absolute atomic E-state index is 12.9. The van der Waals surface area contributed by atoms with E-state index >= 15 is 0 Å². The number of hydrogen-bond acceptors (Lipinski definition) is 3. The van der Waals surface area contributed by atoms with Crippen LogP contribution >= 0.6 is 0 Å². The first-order chi connectivity index (χ1) is 10.5. The summed E-state index contributed by atoms with van der Waals surface area (Å²) in [5.41, 5.74) is 0.485. The normalized spacial score (nSPS) is 29.8. The van der Waals surface area contributed by atoms with Crippen LogP contribution in [-0.4, -0.2) is 27.0 Å². The molecule has 0 amide bonds. The van der Waals surface area contributed by atoms with Gasteiger partial charge in [0.2, 0.25) is 0 Å². The van der Waals surface area contributed by atoms with Crippen LogP contribution in [0.25, 0.3) is 0 Å². The van der Waals surface area contributed by atoms with Crippen molar-refractivity contribution in [2.45, 2.75) is 70.3 Å². The molecule has 3 aliphatic rings. The fourth-order valence-corrected chi connectivity index (χ4v) is 4.21. The first-order valence-electron chi connectivity index (χ1n) is 8.19. The lowest BCUT2D eigenvalue weighted by molar-refractivity contribution is -0.182. The molecule has 1 aromatic rings. The zero-order chi connectivity index (χ0) is 15.4. The zero-order valence-electron chi connectivity index (χ0n) is 12.5. The van der Waals surface area contributed by atoms with Gasteiger partial charge >= 0.3 is 6.18 Å². The van der Waals surface area contributed by atoms with Gasteiger partial charge in [-0.25, -0.2) is 0 Å². The van der Waals surface area contributed by atoms with Crippen LogP contribution in [0.5, 0.6) is 0 Å². The number of aryl methyl sites for hydroxylation is 1. The molecule has 2 aliphatic carbocycles. The lowest BCUT2D eigenvalue weighted by Gasteiger charge is -2.26. The topological polar surface area (TPSA) is 42.7 Å². The van der Waals surface area contributed by atoms with Crippen LogP contribution in [0.15, 0.2) is 0 Å². The Bertz CT molecular complexity index is 562. The fraction of sp³-hybridized carbons (Fsp3) is 0.867. The van der Waals surface area contributed by atoms with Crippen LogP contribution in [-0.2, 0) is 19.5 Å². The first kappa shape index (κ1) is 14.5. The van der Waals surface area contributed by atoms with Gasteiger partial charge in [0.15, 0.2) is 0 Å². The number of fused-ring (bicyclic) bond motifs is 1. The van der Waals surface area contributed by atoms with Gasteiger partial charge in [0.05, 0.1) is 12.5 Å². The van der Waals surface area contributed by atoms with E-state index in [1.165, 1.54) is 32.1 Å². The molecule has 2 fully saturated rings. The van der Waals surface area contributed by atoms with Crippen molar-refractivity contribution < 1.29 is 13.2 Å². The molecule has 7 heteroatoms. The maximum Gasteiger partial charge on any atom is 0.393 e. The van der Waals surface area contributed by atoms with E-state index in [0.717, 1.165) is 0 Å². The average Bonchev–Trinajstić information content (AvgIpc) is 2.96. The van der Waals surface area contributed by atoms with Gasteiger partial charge in [-0.15, -0.1) is 10.2 Å². The lowest BCUT2D eigenvalue weighted by Crippen LogP contribution is -2.36. The number of halogens is 3. The van der Waals surface area contributed by atoms with Crippen molar-refractivity contribution in [3.8, 4) is 0 Å². The molecule has 2 saturated carbocycles. The van der Waals surface area contributed by atoms with E-state index in [9.17, 15) is 13.2 Å².